The Bertz CT molecular complexity index is 438. The third-order valence-corrected chi connectivity index (χ3v) is 2.26. The number of anilines is 1. The number of carbonyl (C=O) groups excluding carboxylic acids is 2. The summed E-state index contributed by atoms with van der Waals surface area (Å²) in [5.41, 5.74) is 5.01. The Hall–Kier alpha value is -1.46. The van der Waals surface area contributed by atoms with Crippen molar-refractivity contribution in [3.05, 3.63) is 28.2 Å². The van der Waals surface area contributed by atoms with Gasteiger partial charge in [-0.1, -0.05) is 23.2 Å². The van der Waals surface area contributed by atoms with Gasteiger partial charge < -0.3 is 4.74 Å². The maximum Gasteiger partial charge on any atom is 0.398 e. The first kappa shape index (κ1) is 13.6. The molecule has 1 amide bonds. The SMILES string of the molecule is CCOC(=O)C(=O)NNc1cc(Cl)ccc1Cl. The van der Waals surface area contributed by atoms with Gasteiger partial charge in [0.2, 0.25) is 0 Å². The second-order valence-electron chi connectivity index (χ2n) is 2.92. The zero-order valence-electron chi connectivity index (χ0n) is 8.92. The fourth-order valence-corrected chi connectivity index (χ4v) is 1.30. The van der Waals surface area contributed by atoms with Crippen molar-refractivity contribution in [1.82, 2.24) is 5.43 Å². The largest absolute Gasteiger partial charge is 0.459 e. The predicted molar refractivity (Wildman–Crippen MR) is 64.9 cm³/mol. The van der Waals surface area contributed by atoms with Crippen molar-refractivity contribution >= 4 is 40.8 Å². The predicted octanol–water partition coefficient (Wildman–Crippen LogP) is 2.00. The van der Waals surface area contributed by atoms with Gasteiger partial charge in [-0.05, 0) is 25.1 Å². The molecular formula is C10H10Cl2N2O3. The Morgan fingerprint density at radius 2 is 2.06 bits per heavy atom. The number of hydrogen-bond acceptors (Lipinski definition) is 4. The number of halogens is 2. The summed E-state index contributed by atoms with van der Waals surface area (Å²) < 4.78 is 4.50. The van der Waals surface area contributed by atoms with E-state index in [1.54, 1.807) is 19.1 Å². The Labute approximate surface area is 108 Å². The van der Waals surface area contributed by atoms with Crippen molar-refractivity contribution in [2.24, 2.45) is 0 Å². The minimum Gasteiger partial charge on any atom is -0.459 e. The minimum absolute atomic E-state index is 0.129. The van der Waals surface area contributed by atoms with E-state index in [1.807, 2.05) is 0 Å². The molecule has 0 atom stereocenters. The number of carbonyl (C=O) groups is 2. The summed E-state index contributed by atoms with van der Waals surface area (Å²) in [5.74, 6) is -1.89. The van der Waals surface area contributed by atoms with Gasteiger partial charge in [0.05, 0.1) is 17.3 Å². The molecule has 0 bridgehead atoms. The van der Waals surface area contributed by atoms with E-state index < -0.39 is 11.9 Å². The van der Waals surface area contributed by atoms with Crippen molar-refractivity contribution in [1.29, 1.82) is 0 Å². The molecule has 0 spiro atoms. The second kappa shape index (κ2) is 6.32. The first-order chi connectivity index (χ1) is 8.04. The van der Waals surface area contributed by atoms with Crippen LogP contribution in [-0.2, 0) is 14.3 Å². The summed E-state index contributed by atoms with van der Waals surface area (Å²) in [4.78, 5) is 22.2. The molecule has 2 N–H and O–H groups in total. The molecule has 5 nitrogen and oxygen atoms in total. The minimum atomic E-state index is -0.974. The quantitative estimate of drug-likeness (QED) is 0.504. The molecule has 1 aromatic carbocycles. The van der Waals surface area contributed by atoms with Crippen LogP contribution in [0.5, 0.6) is 0 Å². The molecule has 0 saturated carbocycles. The van der Waals surface area contributed by atoms with E-state index in [0.717, 1.165) is 0 Å². The van der Waals surface area contributed by atoms with E-state index >= 15 is 0 Å². The maximum absolute atomic E-state index is 11.2. The maximum atomic E-state index is 11.2. The van der Waals surface area contributed by atoms with Gasteiger partial charge in [-0.25, -0.2) is 4.79 Å². The normalized spacial score (nSPS) is 9.59. The van der Waals surface area contributed by atoms with Crippen LogP contribution in [0.3, 0.4) is 0 Å². The monoisotopic (exact) mass is 276 g/mol. The third-order valence-electron chi connectivity index (χ3n) is 1.70. The average Bonchev–Trinajstić information content (AvgIpc) is 2.30. The van der Waals surface area contributed by atoms with Crippen LogP contribution in [0.25, 0.3) is 0 Å². The Kier molecular flexibility index (Phi) is 5.06. The molecule has 0 aromatic heterocycles. The molecule has 7 heteroatoms. The molecule has 0 unspecified atom stereocenters. The van der Waals surface area contributed by atoms with Crippen molar-refractivity contribution < 1.29 is 14.3 Å². The smallest absolute Gasteiger partial charge is 0.398 e. The van der Waals surface area contributed by atoms with Crippen LogP contribution >= 0.6 is 23.2 Å². The lowest BCUT2D eigenvalue weighted by Gasteiger charge is -2.09. The zero-order valence-corrected chi connectivity index (χ0v) is 10.4. The highest BCUT2D eigenvalue weighted by Crippen LogP contribution is 2.24. The number of esters is 1. The number of rotatable bonds is 3. The van der Waals surface area contributed by atoms with Gasteiger partial charge in [0.1, 0.15) is 0 Å². The second-order valence-corrected chi connectivity index (χ2v) is 3.77. The molecule has 0 aliphatic carbocycles. The van der Waals surface area contributed by atoms with Crippen LogP contribution in [0.4, 0.5) is 5.69 Å². The van der Waals surface area contributed by atoms with Crippen molar-refractivity contribution in [3.63, 3.8) is 0 Å². The van der Waals surface area contributed by atoms with E-state index in [4.69, 9.17) is 23.2 Å². The average molecular weight is 277 g/mol. The number of nitrogens with one attached hydrogen (secondary N) is 2. The summed E-state index contributed by atoms with van der Waals surface area (Å²) in [7, 11) is 0. The van der Waals surface area contributed by atoms with E-state index in [1.165, 1.54) is 6.07 Å². The third kappa shape index (κ3) is 4.13. The van der Waals surface area contributed by atoms with Gasteiger partial charge >= 0.3 is 11.9 Å². The molecule has 0 saturated heterocycles. The Morgan fingerprint density at radius 3 is 2.71 bits per heavy atom. The van der Waals surface area contributed by atoms with E-state index in [9.17, 15) is 9.59 Å². The molecule has 0 aliphatic heterocycles. The lowest BCUT2D eigenvalue weighted by Crippen LogP contribution is -2.36. The topological polar surface area (TPSA) is 67.4 Å². The molecule has 92 valence electrons. The lowest BCUT2D eigenvalue weighted by atomic mass is 10.3. The van der Waals surface area contributed by atoms with E-state index in [-0.39, 0.29) is 6.61 Å². The van der Waals surface area contributed by atoms with Gasteiger partial charge in [-0.2, -0.15) is 0 Å². The zero-order chi connectivity index (χ0) is 12.8. The summed E-state index contributed by atoms with van der Waals surface area (Å²) in [6.45, 7) is 1.73. The first-order valence-corrected chi connectivity index (χ1v) is 5.48. The highest BCUT2D eigenvalue weighted by atomic mass is 35.5. The van der Waals surface area contributed by atoms with Crippen LogP contribution in [0.1, 0.15) is 6.92 Å². The standard InChI is InChI=1S/C10H10Cl2N2O3/c1-2-17-10(16)9(15)14-13-8-5-6(11)3-4-7(8)12/h3-5,13H,2H2,1H3,(H,14,15). The number of amides is 1. The highest BCUT2D eigenvalue weighted by molar-refractivity contribution is 6.35. The fourth-order valence-electron chi connectivity index (χ4n) is 0.965. The number of benzene rings is 1. The van der Waals surface area contributed by atoms with Crippen molar-refractivity contribution in [2.45, 2.75) is 6.92 Å². The van der Waals surface area contributed by atoms with E-state index in [0.29, 0.717) is 15.7 Å². The van der Waals surface area contributed by atoms with Crippen molar-refractivity contribution in [2.75, 3.05) is 12.0 Å². The van der Waals surface area contributed by atoms with Gasteiger partial charge in [0, 0.05) is 5.02 Å². The van der Waals surface area contributed by atoms with Gasteiger partial charge in [-0.3, -0.25) is 15.6 Å². The van der Waals surface area contributed by atoms with Crippen LogP contribution in [0.2, 0.25) is 10.0 Å². The first-order valence-electron chi connectivity index (χ1n) is 4.72. The van der Waals surface area contributed by atoms with Crippen molar-refractivity contribution in [3.8, 4) is 0 Å². The molecule has 0 heterocycles. The molecule has 1 rings (SSSR count). The molecule has 0 radical (unpaired) electrons. The Balaban J connectivity index is 2.58. The molecule has 17 heavy (non-hydrogen) atoms. The Morgan fingerprint density at radius 1 is 1.35 bits per heavy atom. The lowest BCUT2D eigenvalue weighted by molar-refractivity contribution is -0.154. The van der Waals surface area contributed by atoms with Crippen LogP contribution in [-0.4, -0.2) is 18.5 Å². The summed E-state index contributed by atoms with van der Waals surface area (Å²) in [6, 6.07) is 4.67. The number of hydrazine groups is 1. The number of hydrogen-bond donors (Lipinski definition) is 2. The highest BCUT2D eigenvalue weighted by Gasteiger charge is 2.14. The fraction of sp³-hybridized carbons (Fsp3) is 0.200. The van der Waals surface area contributed by atoms with Gasteiger partial charge in [0.25, 0.3) is 0 Å². The summed E-state index contributed by atoms with van der Waals surface area (Å²) >= 11 is 11.6. The number of ether oxygens (including phenoxy) is 1. The summed E-state index contributed by atoms with van der Waals surface area (Å²) in [6.07, 6.45) is 0. The van der Waals surface area contributed by atoms with Gasteiger partial charge in [0.15, 0.2) is 0 Å². The molecular weight excluding hydrogens is 267 g/mol. The molecule has 0 fully saturated rings. The van der Waals surface area contributed by atoms with Crippen LogP contribution < -0.4 is 10.9 Å². The molecule has 1 aromatic rings. The van der Waals surface area contributed by atoms with Gasteiger partial charge in [-0.15, -0.1) is 0 Å². The van der Waals surface area contributed by atoms with E-state index in [2.05, 4.69) is 15.6 Å². The summed E-state index contributed by atoms with van der Waals surface area (Å²) in [5, 5.41) is 0.806. The van der Waals surface area contributed by atoms with Crippen LogP contribution in [0.15, 0.2) is 18.2 Å². The molecule has 0 aliphatic rings. The van der Waals surface area contributed by atoms with Crippen LogP contribution in [0, 0.1) is 0 Å².